The van der Waals surface area contributed by atoms with E-state index in [1.54, 1.807) is 4.57 Å². The molecule has 2 heterocycles. The summed E-state index contributed by atoms with van der Waals surface area (Å²) in [7, 11) is 2.10. The Bertz CT molecular complexity index is 909. The molecule has 0 aliphatic rings. The van der Waals surface area contributed by atoms with E-state index in [1.165, 1.54) is 0 Å². The van der Waals surface area contributed by atoms with Gasteiger partial charge in [-0.25, -0.2) is 0 Å². The number of hydrogen-bond acceptors (Lipinski definition) is 4. The van der Waals surface area contributed by atoms with Crippen LogP contribution in [0.4, 0.5) is 0 Å². The van der Waals surface area contributed by atoms with Crippen molar-refractivity contribution in [2.45, 2.75) is 40.3 Å². The van der Waals surface area contributed by atoms with Gasteiger partial charge in [0.1, 0.15) is 0 Å². The van der Waals surface area contributed by atoms with Crippen LogP contribution < -0.4 is 5.56 Å². The predicted octanol–water partition coefficient (Wildman–Crippen LogP) is 2.54. The summed E-state index contributed by atoms with van der Waals surface area (Å²) < 4.78 is 3.71. The molecule has 0 bridgehead atoms. The van der Waals surface area contributed by atoms with Gasteiger partial charge in [-0.1, -0.05) is 26.0 Å². The van der Waals surface area contributed by atoms with Gasteiger partial charge < -0.3 is 0 Å². The van der Waals surface area contributed by atoms with Crippen molar-refractivity contribution in [2.24, 2.45) is 5.92 Å². The molecule has 0 spiro atoms. The molecule has 0 saturated carbocycles. The first-order valence-corrected chi connectivity index (χ1v) is 8.57. The van der Waals surface area contributed by atoms with Crippen molar-refractivity contribution in [3.8, 4) is 0 Å². The predicted molar refractivity (Wildman–Crippen MR) is 96.2 cm³/mol. The molecule has 6 nitrogen and oxygen atoms in total. The van der Waals surface area contributed by atoms with Crippen molar-refractivity contribution in [3.63, 3.8) is 0 Å². The molecule has 3 aromatic rings. The maximum absolute atomic E-state index is 12.7. The van der Waals surface area contributed by atoms with Crippen LogP contribution in [-0.2, 0) is 13.1 Å². The smallest absolute Gasteiger partial charge is 0.262 e. The standard InChI is InChI=1S/C18H25N5O/c1-5-22-17(24)14-8-6-7-9-15(14)23-16(19-20-18(22)23)12-21(4)11-10-13(2)3/h6-9,13H,5,10-12H2,1-4H3. The van der Waals surface area contributed by atoms with E-state index < -0.39 is 0 Å². The van der Waals surface area contributed by atoms with Crippen LogP contribution in [0.5, 0.6) is 0 Å². The molecule has 0 unspecified atom stereocenters. The van der Waals surface area contributed by atoms with Gasteiger partial charge in [0.15, 0.2) is 5.82 Å². The third kappa shape index (κ3) is 2.94. The first kappa shape index (κ1) is 16.6. The molecule has 2 aromatic heterocycles. The van der Waals surface area contributed by atoms with Gasteiger partial charge in [-0.05, 0) is 45.0 Å². The summed E-state index contributed by atoms with van der Waals surface area (Å²) >= 11 is 0. The molecule has 1 aromatic carbocycles. The molecule has 128 valence electrons. The van der Waals surface area contributed by atoms with Gasteiger partial charge in [-0.15, -0.1) is 10.2 Å². The Balaban J connectivity index is 2.11. The Kier molecular flexibility index (Phi) is 4.66. The minimum Gasteiger partial charge on any atom is -0.299 e. The summed E-state index contributed by atoms with van der Waals surface area (Å²) in [6, 6.07) is 7.68. The highest BCUT2D eigenvalue weighted by molar-refractivity contribution is 5.80. The number of benzene rings is 1. The van der Waals surface area contributed by atoms with Crippen molar-refractivity contribution >= 4 is 16.7 Å². The van der Waals surface area contributed by atoms with E-state index in [0.717, 1.165) is 24.3 Å². The zero-order valence-corrected chi connectivity index (χ0v) is 14.9. The second-order valence-corrected chi connectivity index (χ2v) is 6.74. The van der Waals surface area contributed by atoms with Crippen molar-refractivity contribution in [1.29, 1.82) is 0 Å². The number of nitrogens with zero attached hydrogens (tertiary/aromatic N) is 5. The van der Waals surface area contributed by atoms with Crippen LogP contribution in [-0.4, -0.2) is 37.7 Å². The zero-order valence-electron chi connectivity index (χ0n) is 14.9. The van der Waals surface area contributed by atoms with Crippen molar-refractivity contribution in [2.75, 3.05) is 13.6 Å². The molecular weight excluding hydrogens is 302 g/mol. The summed E-state index contributed by atoms with van der Waals surface area (Å²) in [5.74, 6) is 2.16. The van der Waals surface area contributed by atoms with Crippen molar-refractivity contribution in [1.82, 2.24) is 24.1 Å². The van der Waals surface area contributed by atoms with E-state index in [1.807, 2.05) is 35.6 Å². The van der Waals surface area contributed by atoms with Gasteiger partial charge in [0.05, 0.1) is 17.4 Å². The van der Waals surface area contributed by atoms with E-state index in [9.17, 15) is 4.79 Å². The maximum Gasteiger partial charge on any atom is 0.262 e. The summed E-state index contributed by atoms with van der Waals surface area (Å²) in [4.78, 5) is 14.9. The number of hydrogen-bond donors (Lipinski definition) is 0. The van der Waals surface area contributed by atoms with Crippen LogP contribution in [0.15, 0.2) is 29.1 Å². The van der Waals surface area contributed by atoms with Gasteiger partial charge in [-0.2, -0.15) is 0 Å². The highest BCUT2D eigenvalue weighted by Crippen LogP contribution is 2.15. The third-order valence-electron chi connectivity index (χ3n) is 4.39. The fourth-order valence-electron chi connectivity index (χ4n) is 3.00. The minimum absolute atomic E-state index is 0.00675. The summed E-state index contributed by atoms with van der Waals surface area (Å²) in [6.45, 7) is 8.72. The average Bonchev–Trinajstić information content (AvgIpc) is 2.97. The van der Waals surface area contributed by atoms with E-state index in [2.05, 4.69) is 36.0 Å². The summed E-state index contributed by atoms with van der Waals surface area (Å²) in [5, 5.41) is 9.38. The number of aromatic nitrogens is 4. The monoisotopic (exact) mass is 327 g/mol. The molecule has 0 aliphatic carbocycles. The fourth-order valence-corrected chi connectivity index (χ4v) is 3.00. The van der Waals surface area contributed by atoms with Crippen LogP contribution in [0.3, 0.4) is 0 Å². The Morgan fingerprint density at radius 2 is 1.96 bits per heavy atom. The Hall–Kier alpha value is -2.21. The van der Waals surface area contributed by atoms with Gasteiger partial charge >= 0.3 is 0 Å². The Morgan fingerprint density at radius 3 is 2.67 bits per heavy atom. The maximum atomic E-state index is 12.7. The summed E-state index contributed by atoms with van der Waals surface area (Å²) in [6.07, 6.45) is 1.15. The van der Waals surface area contributed by atoms with Gasteiger partial charge in [-0.3, -0.25) is 18.7 Å². The molecule has 3 rings (SSSR count). The third-order valence-corrected chi connectivity index (χ3v) is 4.39. The van der Waals surface area contributed by atoms with Gasteiger partial charge in [0, 0.05) is 6.54 Å². The normalized spacial score (nSPS) is 12.1. The zero-order chi connectivity index (χ0) is 17.3. The summed E-state index contributed by atoms with van der Waals surface area (Å²) in [5.41, 5.74) is 0.868. The lowest BCUT2D eigenvalue weighted by molar-refractivity contribution is 0.296. The first-order valence-electron chi connectivity index (χ1n) is 8.57. The Labute approximate surface area is 141 Å². The number of para-hydroxylation sites is 1. The van der Waals surface area contributed by atoms with Crippen LogP contribution in [0.25, 0.3) is 16.7 Å². The lowest BCUT2D eigenvalue weighted by atomic mass is 10.1. The SMILES string of the molecule is CCn1c(=O)c2ccccc2n2c(CN(C)CCC(C)C)nnc12. The molecule has 6 heteroatoms. The second kappa shape index (κ2) is 6.73. The number of fused-ring (bicyclic) bond motifs is 3. The van der Waals surface area contributed by atoms with Crippen LogP contribution in [0, 0.1) is 5.92 Å². The molecule has 0 atom stereocenters. The first-order chi connectivity index (χ1) is 11.5. The fraction of sp³-hybridized carbons (Fsp3) is 0.500. The van der Waals surface area contributed by atoms with E-state index in [4.69, 9.17) is 0 Å². The van der Waals surface area contributed by atoms with E-state index in [-0.39, 0.29) is 5.56 Å². The van der Waals surface area contributed by atoms with E-state index >= 15 is 0 Å². The Morgan fingerprint density at radius 1 is 1.21 bits per heavy atom. The highest BCUT2D eigenvalue weighted by Gasteiger charge is 2.16. The average molecular weight is 327 g/mol. The largest absolute Gasteiger partial charge is 0.299 e. The molecular formula is C18H25N5O. The quantitative estimate of drug-likeness (QED) is 0.698. The number of aryl methyl sites for hydroxylation is 1. The molecule has 0 radical (unpaired) electrons. The molecule has 0 amide bonds. The van der Waals surface area contributed by atoms with Gasteiger partial charge in [0.25, 0.3) is 5.56 Å². The van der Waals surface area contributed by atoms with Crippen molar-refractivity contribution in [3.05, 3.63) is 40.4 Å². The van der Waals surface area contributed by atoms with E-state index in [0.29, 0.717) is 30.2 Å². The lowest BCUT2D eigenvalue weighted by Crippen LogP contribution is -2.24. The van der Waals surface area contributed by atoms with Crippen molar-refractivity contribution < 1.29 is 0 Å². The molecule has 0 N–H and O–H groups in total. The molecule has 0 fully saturated rings. The molecule has 24 heavy (non-hydrogen) atoms. The van der Waals surface area contributed by atoms with Gasteiger partial charge in [0.2, 0.25) is 5.78 Å². The number of rotatable bonds is 6. The lowest BCUT2D eigenvalue weighted by Gasteiger charge is -2.17. The molecule has 0 aliphatic heterocycles. The minimum atomic E-state index is -0.00675. The van der Waals surface area contributed by atoms with Crippen LogP contribution >= 0.6 is 0 Å². The topological polar surface area (TPSA) is 55.4 Å². The van der Waals surface area contributed by atoms with Crippen LogP contribution in [0.2, 0.25) is 0 Å². The van der Waals surface area contributed by atoms with Crippen LogP contribution in [0.1, 0.15) is 33.0 Å². The second-order valence-electron chi connectivity index (χ2n) is 6.74. The highest BCUT2D eigenvalue weighted by atomic mass is 16.1. The molecule has 0 saturated heterocycles.